The third kappa shape index (κ3) is 21.7. The molecule has 0 saturated heterocycles. The molecule has 3 N–H and O–H groups in total. The molecule has 0 bridgehead atoms. The number of aliphatic hydroxyl groups excluding tert-OH is 2. The van der Waals surface area contributed by atoms with E-state index in [0.29, 0.717) is 12.8 Å². The fourth-order valence-corrected chi connectivity index (χ4v) is 5.73. The molecule has 3 atom stereocenters. The molecule has 0 amide bonds. The van der Waals surface area contributed by atoms with Gasteiger partial charge in [-0.2, -0.15) is 0 Å². The Morgan fingerprint density at radius 2 is 0.933 bits per heavy atom. The van der Waals surface area contributed by atoms with Gasteiger partial charge in [0.2, 0.25) is 5.60 Å². The minimum atomic E-state index is -2.76. The Balaban J connectivity index is 4.18. The summed E-state index contributed by atoms with van der Waals surface area (Å²) in [5.74, 6) is -2.42. The molecule has 0 spiro atoms. The fraction of sp³-hybridized carbons (Fsp3) is 0.821. The lowest BCUT2D eigenvalue weighted by Crippen LogP contribution is -2.60. The minimum absolute atomic E-state index is 0.0447. The van der Waals surface area contributed by atoms with Crippen LogP contribution in [0.15, 0.2) is 24.3 Å². The van der Waals surface area contributed by atoms with Crippen LogP contribution in [0.5, 0.6) is 0 Å². The van der Waals surface area contributed by atoms with Crippen LogP contribution < -0.4 is 0 Å². The summed E-state index contributed by atoms with van der Waals surface area (Å²) in [5.41, 5.74) is -2.76. The standard InChI is InChI=1S/C39H70O6/c1-4-6-8-10-12-14-16-18-19-21-23-25-27-29-31-33-36(42)39(45,34(3)40)38(44)37(43)35(41)32-30-28-26-24-22-20-17-15-13-11-9-7-5-2/h12,14,18-19,37-38,43-45H,4-11,13,15-17,20-33H2,1-3H3/b14-12-,19-18-. The molecule has 0 rings (SSSR count). The summed E-state index contributed by atoms with van der Waals surface area (Å²) < 4.78 is 0. The van der Waals surface area contributed by atoms with Gasteiger partial charge in [-0.25, -0.2) is 0 Å². The number of aliphatic hydroxyl groups is 3. The van der Waals surface area contributed by atoms with Gasteiger partial charge in [0.1, 0.15) is 12.2 Å². The first kappa shape index (κ1) is 43.4. The number of hydrogen-bond acceptors (Lipinski definition) is 6. The van der Waals surface area contributed by atoms with Gasteiger partial charge >= 0.3 is 0 Å². The highest BCUT2D eigenvalue weighted by atomic mass is 16.4. The molecule has 0 aromatic heterocycles. The van der Waals surface area contributed by atoms with Crippen molar-refractivity contribution in [3.8, 4) is 0 Å². The van der Waals surface area contributed by atoms with Crippen molar-refractivity contribution in [3.05, 3.63) is 24.3 Å². The van der Waals surface area contributed by atoms with E-state index in [1.54, 1.807) is 0 Å². The van der Waals surface area contributed by atoms with Crippen molar-refractivity contribution in [2.45, 2.75) is 206 Å². The average molecular weight is 635 g/mol. The van der Waals surface area contributed by atoms with E-state index in [9.17, 15) is 29.7 Å². The second kappa shape index (κ2) is 29.8. The molecule has 0 aliphatic heterocycles. The molecule has 0 heterocycles. The van der Waals surface area contributed by atoms with Crippen LogP contribution in [0.4, 0.5) is 0 Å². The fourth-order valence-electron chi connectivity index (χ4n) is 5.73. The SMILES string of the molecule is CCCCC/C=C\C/C=C\CCCCCCCC(=O)C(O)(C(C)=O)C(O)C(O)C(=O)CCCCCCCCCCCCCCC. The number of unbranched alkanes of at least 4 members (excludes halogenated alkanes) is 20. The molecule has 6 nitrogen and oxygen atoms in total. The third-order valence-corrected chi connectivity index (χ3v) is 8.90. The summed E-state index contributed by atoms with van der Waals surface area (Å²) in [6.45, 7) is 5.46. The number of allylic oxidation sites excluding steroid dienone is 4. The molecule has 0 aromatic rings. The molecule has 0 radical (unpaired) electrons. The van der Waals surface area contributed by atoms with E-state index in [1.807, 2.05) is 0 Å². The number of rotatable bonds is 33. The minimum Gasteiger partial charge on any atom is -0.386 e. The van der Waals surface area contributed by atoms with E-state index >= 15 is 0 Å². The zero-order valence-corrected chi connectivity index (χ0v) is 29.4. The molecular weight excluding hydrogens is 564 g/mol. The normalized spacial score (nSPS) is 14.6. The number of Topliss-reactive ketones (excluding diaryl/α,β-unsaturated/α-hetero) is 3. The molecule has 45 heavy (non-hydrogen) atoms. The van der Waals surface area contributed by atoms with Gasteiger partial charge in [0.15, 0.2) is 17.3 Å². The second-order valence-electron chi connectivity index (χ2n) is 13.1. The van der Waals surface area contributed by atoms with E-state index in [0.717, 1.165) is 71.1 Å². The quantitative estimate of drug-likeness (QED) is 0.0377. The summed E-state index contributed by atoms with van der Waals surface area (Å²) in [4.78, 5) is 37.6. The lowest BCUT2D eigenvalue weighted by atomic mass is 9.81. The lowest BCUT2D eigenvalue weighted by Gasteiger charge is -2.31. The summed E-state index contributed by atoms with van der Waals surface area (Å²) in [7, 11) is 0. The van der Waals surface area contributed by atoms with E-state index in [2.05, 4.69) is 38.2 Å². The van der Waals surface area contributed by atoms with Gasteiger partial charge in [0, 0.05) is 12.8 Å². The Morgan fingerprint density at radius 3 is 1.40 bits per heavy atom. The summed E-state index contributed by atoms with van der Waals surface area (Å²) in [5, 5.41) is 31.9. The van der Waals surface area contributed by atoms with Gasteiger partial charge in [0.05, 0.1) is 0 Å². The Bertz CT molecular complexity index is 803. The van der Waals surface area contributed by atoms with Crippen molar-refractivity contribution in [3.63, 3.8) is 0 Å². The Labute approximate surface area is 276 Å². The van der Waals surface area contributed by atoms with Gasteiger partial charge in [-0.15, -0.1) is 0 Å². The van der Waals surface area contributed by atoms with Crippen LogP contribution in [0.2, 0.25) is 0 Å². The van der Waals surface area contributed by atoms with Crippen molar-refractivity contribution >= 4 is 17.3 Å². The van der Waals surface area contributed by atoms with Crippen molar-refractivity contribution in [2.24, 2.45) is 0 Å². The van der Waals surface area contributed by atoms with E-state index in [4.69, 9.17) is 0 Å². The van der Waals surface area contributed by atoms with Gasteiger partial charge in [-0.1, -0.05) is 147 Å². The van der Waals surface area contributed by atoms with E-state index in [-0.39, 0.29) is 12.8 Å². The van der Waals surface area contributed by atoms with Crippen LogP contribution in [0.3, 0.4) is 0 Å². The molecule has 262 valence electrons. The molecule has 0 aliphatic rings. The molecule has 6 heteroatoms. The molecule has 0 aliphatic carbocycles. The van der Waals surface area contributed by atoms with Crippen molar-refractivity contribution in [1.29, 1.82) is 0 Å². The maximum Gasteiger partial charge on any atom is 0.210 e. The molecule has 0 saturated carbocycles. The van der Waals surface area contributed by atoms with Crippen LogP contribution in [0.1, 0.15) is 188 Å². The maximum atomic E-state index is 12.8. The first-order valence-corrected chi connectivity index (χ1v) is 18.7. The van der Waals surface area contributed by atoms with E-state index < -0.39 is 35.2 Å². The van der Waals surface area contributed by atoms with Crippen LogP contribution in [-0.2, 0) is 14.4 Å². The monoisotopic (exact) mass is 635 g/mol. The largest absolute Gasteiger partial charge is 0.386 e. The first-order chi connectivity index (χ1) is 21.7. The number of ketones is 3. The lowest BCUT2D eigenvalue weighted by molar-refractivity contribution is -0.173. The molecular formula is C39H70O6. The summed E-state index contributed by atoms with van der Waals surface area (Å²) >= 11 is 0. The van der Waals surface area contributed by atoms with Gasteiger partial charge in [0.25, 0.3) is 0 Å². The third-order valence-electron chi connectivity index (χ3n) is 8.90. The van der Waals surface area contributed by atoms with Crippen LogP contribution in [0, 0.1) is 0 Å². The Hall–Kier alpha value is -1.63. The Kier molecular flexibility index (Phi) is 28.7. The van der Waals surface area contributed by atoms with Crippen molar-refractivity contribution in [2.75, 3.05) is 0 Å². The maximum absolute atomic E-state index is 12.8. The molecule has 0 fully saturated rings. The van der Waals surface area contributed by atoms with Gasteiger partial charge in [-0.05, 0) is 51.9 Å². The number of carbonyl (C=O) groups is 3. The topological polar surface area (TPSA) is 112 Å². The highest BCUT2D eigenvalue weighted by Gasteiger charge is 2.51. The summed E-state index contributed by atoms with van der Waals surface area (Å²) in [6, 6.07) is 0. The van der Waals surface area contributed by atoms with Crippen molar-refractivity contribution < 1.29 is 29.7 Å². The van der Waals surface area contributed by atoms with Crippen LogP contribution >= 0.6 is 0 Å². The smallest absolute Gasteiger partial charge is 0.210 e. The Morgan fingerprint density at radius 1 is 0.556 bits per heavy atom. The summed E-state index contributed by atoms with van der Waals surface area (Å²) in [6.07, 6.45) is 31.1. The zero-order chi connectivity index (χ0) is 33.6. The highest BCUT2D eigenvalue weighted by molar-refractivity contribution is 6.10. The predicted octanol–water partition coefficient (Wildman–Crippen LogP) is 9.46. The molecule has 3 unspecified atom stereocenters. The van der Waals surface area contributed by atoms with E-state index in [1.165, 1.54) is 77.0 Å². The van der Waals surface area contributed by atoms with Crippen molar-refractivity contribution in [1.82, 2.24) is 0 Å². The zero-order valence-electron chi connectivity index (χ0n) is 29.4. The molecule has 0 aromatic carbocycles. The highest BCUT2D eigenvalue weighted by Crippen LogP contribution is 2.23. The van der Waals surface area contributed by atoms with Crippen LogP contribution in [0.25, 0.3) is 0 Å². The number of carbonyl (C=O) groups excluding carboxylic acids is 3. The van der Waals surface area contributed by atoms with Crippen LogP contribution in [-0.4, -0.2) is 50.5 Å². The predicted molar refractivity (Wildman–Crippen MR) is 187 cm³/mol. The second-order valence-corrected chi connectivity index (χ2v) is 13.1. The number of hydrogen-bond donors (Lipinski definition) is 3. The average Bonchev–Trinajstić information content (AvgIpc) is 3.03. The first-order valence-electron chi connectivity index (χ1n) is 18.7. The van der Waals surface area contributed by atoms with Gasteiger partial charge < -0.3 is 15.3 Å². The van der Waals surface area contributed by atoms with Gasteiger partial charge in [-0.3, -0.25) is 14.4 Å².